The van der Waals surface area contributed by atoms with E-state index in [1.165, 1.54) is 0 Å². The molecular formula is C18H24NO3-. The molecule has 0 saturated heterocycles. The summed E-state index contributed by atoms with van der Waals surface area (Å²) in [5.41, 5.74) is 3.35. The van der Waals surface area contributed by atoms with Crippen molar-refractivity contribution in [2.75, 3.05) is 0 Å². The van der Waals surface area contributed by atoms with Gasteiger partial charge in [-0.05, 0) is 44.7 Å². The van der Waals surface area contributed by atoms with Gasteiger partial charge in [-0.15, -0.1) is 0 Å². The van der Waals surface area contributed by atoms with Gasteiger partial charge in [0, 0.05) is 17.8 Å². The highest BCUT2D eigenvalue weighted by atomic mass is 16.4. The second kappa shape index (κ2) is 6.95. The van der Waals surface area contributed by atoms with Gasteiger partial charge in [0.25, 0.3) is 0 Å². The molecule has 4 heteroatoms. The maximum Gasteiger partial charge on any atom is 0.224 e. The lowest BCUT2D eigenvalue weighted by Gasteiger charge is -2.32. The van der Waals surface area contributed by atoms with Crippen LogP contribution in [0.5, 0.6) is 0 Å². The Morgan fingerprint density at radius 1 is 1.18 bits per heavy atom. The Balaban J connectivity index is 2.10. The molecule has 120 valence electrons. The van der Waals surface area contributed by atoms with Crippen molar-refractivity contribution in [3.05, 3.63) is 34.9 Å². The van der Waals surface area contributed by atoms with Crippen molar-refractivity contribution in [1.82, 2.24) is 5.32 Å². The minimum Gasteiger partial charge on any atom is -0.550 e. The highest BCUT2D eigenvalue weighted by Crippen LogP contribution is 2.30. The summed E-state index contributed by atoms with van der Waals surface area (Å²) in [5.74, 6) is -2.38. The zero-order valence-electron chi connectivity index (χ0n) is 13.5. The lowest BCUT2D eigenvalue weighted by atomic mass is 9.78. The van der Waals surface area contributed by atoms with Crippen LogP contribution in [0.1, 0.15) is 55.3 Å². The van der Waals surface area contributed by atoms with Gasteiger partial charge in [-0.1, -0.05) is 36.6 Å². The average molecular weight is 302 g/mol. The Bertz CT molecular complexity index is 567. The molecule has 1 fully saturated rings. The molecule has 3 atom stereocenters. The Labute approximate surface area is 131 Å². The molecule has 2 rings (SSSR count). The highest BCUT2D eigenvalue weighted by molar-refractivity contribution is 5.84. The number of aliphatic carboxylic acids is 1. The highest BCUT2D eigenvalue weighted by Gasteiger charge is 2.32. The van der Waals surface area contributed by atoms with Gasteiger partial charge in [0.1, 0.15) is 0 Å². The lowest BCUT2D eigenvalue weighted by Crippen LogP contribution is -2.45. The zero-order chi connectivity index (χ0) is 16.3. The molecule has 1 aromatic carbocycles. The van der Waals surface area contributed by atoms with Gasteiger partial charge in [-0.25, -0.2) is 0 Å². The summed E-state index contributed by atoms with van der Waals surface area (Å²) in [6.45, 7) is 5.98. The molecule has 0 bridgehead atoms. The third-order valence-corrected chi connectivity index (χ3v) is 4.67. The Kier molecular flexibility index (Phi) is 5.22. The topological polar surface area (TPSA) is 69.2 Å². The summed E-state index contributed by atoms with van der Waals surface area (Å²) >= 11 is 0. The second-order valence-corrected chi connectivity index (χ2v) is 6.41. The number of rotatable bonds is 4. The average Bonchev–Trinajstić information content (AvgIpc) is 2.49. The number of hydrogen-bond donors (Lipinski definition) is 1. The minimum atomic E-state index is -1.10. The fourth-order valence-electron chi connectivity index (χ4n) is 3.35. The van der Waals surface area contributed by atoms with E-state index in [0.717, 1.165) is 29.5 Å². The second-order valence-electron chi connectivity index (χ2n) is 6.41. The van der Waals surface area contributed by atoms with Crippen molar-refractivity contribution in [3.8, 4) is 0 Å². The monoisotopic (exact) mass is 302 g/mol. The molecule has 0 aliphatic heterocycles. The zero-order valence-corrected chi connectivity index (χ0v) is 13.5. The smallest absolute Gasteiger partial charge is 0.224 e. The van der Waals surface area contributed by atoms with E-state index < -0.39 is 17.8 Å². The molecule has 1 aliphatic carbocycles. The molecule has 1 amide bonds. The summed E-state index contributed by atoms with van der Waals surface area (Å²) in [6.07, 6.45) is 2.93. The molecule has 1 aliphatic rings. The predicted octanol–water partition coefficient (Wildman–Crippen LogP) is 2.04. The normalized spacial score (nSPS) is 22.9. The SMILES string of the molecule is Cc1ccc(C)c([C@H](C)NC(=O)[C@H]2CCCC[C@@H]2C(=O)[O-])c1. The third kappa shape index (κ3) is 3.67. The molecule has 0 aromatic heterocycles. The first-order chi connectivity index (χ1) is 10.4. The molecule has 1 N–H and O–H groups in total. The fraction of sp³-hybridized carbons (Fsp3) is 0.556. The third-order valence-electron chi connectivity index (χ3n) is 4.67. The van der Waals surface area contributed by atoms with E-state index in [2.05, 4.69) is 11.4 Å². The number of carbonyl (C=O) groups excluding carboxylic acids is 2. The van der Waals surface area contributed by atoms with Crippen LogP contribution in [0.15, 0.2) is 18.2 Å². The standard InChI is InChI=1S/C18H25NO3/c1-11-8-9-12(2)16(10-11)13(3)19-17(20)14-6-4-5-7-15(14)18(21)22/h8-10,13-15H,4-7H2,1-3H3,(H,19,20)(H,21,22)/p-1/t13-,14-,15-/m0/s1. The van der Waals surface area contributed by atoms with E-state index in [1.54, 1.807) is 0 Å². The van der Waals surface area contributed by atoms with Gasteiger partial charge in [0.05, 0.1) is 6.04 Å². The van der Waals surface area contributed by atoms with E-state index in [-0.39, 0.29) is 11.9 Å². The van der Waals surface area contributed by atoms with Crippen molar-refractivity contribution in [1.29, 1.82) is 0 Å². The van der Waals surface area contributed by atoms with Crippen LogP contribution in [0.2, 0.25) is 0 Å². The summed E-state index contributed by atoms with van der Waals surface area (Å²) in [6, 6.07) is 6.02. The molecule has 0 radical (unpaired) electrons. The van der Waals surface area contributed by atoms with E-state index in [4.69, 9.17) is 0 Å². The predicted molar refractivity (Wildman–Crippen MR) is 82.9 cm³/mol. The lowest BCUT2D eigenvalue weighted by molar-refractivity contribution is -0.314. The van der Waals surface area contributed by atoms with E-state index in [9.17, 15) is 14.7 Å². The van der Waals surface area contributed by atoms with Crippen LogP contribution < -0.4 is 10.4 Å². The molecular weight excluding hydrogens is 278 g/mol. The molecule has 22 heavy (non-hydrogen) atoms. The molecule has 0 spiro atoms. The van der Waals surface area contributed by atoms with Crippen LogP contribution >= 0.6 is 0 Å². The number of nitrogens with one attached hydrogen (secondary N) is 1. The minimum absolute atomic E-state index is 0.128. The number of carbonyl (C=O) groups is 2. The van der Waals surface area contributed by atoms with Crippen LogP contribution in [0.3, 0.4) is 0 Å². The summed E-state index contributed by atoms with van der Waals surface area (Å²) in [4.78, 5) is 23.7. The Hall–Kier alpha value is -1.84. The van der Waals surface area contributed by atoms with Crippen LogP contribution in [-0.2, 0) is 9.59 Å². The maximum absolute atomic E-state index is 12.5. The number of aryl methyl sites for hydroxylation is 2. The number of benzene rings is 1. The van der Waals surface area contributed by atoms with Crippen molar-refractivity contribution in [2.24, 2.45) is 11.8 Å². The molecule has 4 nitrogen and oxygen atoms in total. The van der Waals surface area contributed by atoms with Gasteiger partial charge >= 0.3 is 0 Å². The van der Waals surface area contributed by atoms with E-state index >= 15 is 0 Å². The van der Waals surface area contributed by atoms with Crippen LogP contribution in [-0.4, -0.2) is 11.9 Å². The van der Waals surface area contributed by atoms with Crippen molar-refractivity contribution >= 4 is 11.9 Å². The summed E-state index contributed by atoms with van der Waals surface area (Å²) in [7, 11) is 0. The van der Waals surface area contributed by atoms with Crippen molar-refractivity contribution in [2.45, 2.75) is 52.5 Å². The van der Waals surface area contributed by atoms with Gasteiger partial charge in [-0.3, -0.25) is 4.79 Å². The van der Waals surface area contributed by atoms with Crippen molar-refractivity contribution < 1.29 is 14.7 Å². The first kappa shape index (κ1) is 16.5. The van der Waals surface area contributed by atoms with Crippen LogP contribution in [0.4, 0.5) is 0 Å². The van der Waals surface area contributed by atoms with Crippen molar-refractivity contribution in [3.63, 3.8) is 0 Å². The quantitative estimate of drug-likeness (QED) is 0.925. The summed E-state index contributed by atoms with van der Waals surface area (Å²) in [5, 5.41) is 14.2. The molecule has 0 unspecified atom stereocenters. The van der Waals surface area contributed by atoms with Gasteiger partial charge in [0.2, 0.25) is 5.91 Å². The molecule has 1 aromatic rings. The van der Waals surface area contributed by atoms with Crippen LogP contribution in [0, 0.1) is 25.7 Å². The number of hydrogen-bond acceptors (Lipinski definition) is 3. The Morgan fingerprint density at radius 2 is 1.82 bits per heavy atom. The first-order valence-electron chi connectivity index (χ1n) is 7.98. The number of carboxylic acids is 1. The van der Waals surface area contributed by atoms with Gasteiger partial charge < -0.3 is 15.2 Å². The molecule has 1 saturated carbocycles. The van der Waals surface area contributed by atoms with Gasteiger partial charge in [0.15, 0.2) is 0 Å². The van der Waals surface area contributed by atoms with Gasteiger partial charge in [-0.2, -0.15) is 0 Å². The maximum atomic E-state index is 12.5. The van der Waals surface area contributed by atoms with E-state index in [1.807, 2.05) is 32.9 Å². The fourth-order valence-corrected chi connectivity index (χ4v) is 3.35. The Morgan fingerprint density at radius 3 is 2.45 bits per heavy atom. The van der Waals surface area contributed by atoms with E-state index in [0.29, 0.717) is 12.8 Å². The number of carboxylic acid groups (broad SMARTS) is 1. The summed E-state index contributed by atoms with van der Waals surface area (Å²) < 4.78 is 0. The largest absolute Gasteiger partial charge is 0.550 e. The van der Waals surface area contributed by atoms with Crippen LogP contribution in [0.25, 0.3) is 0 Å². The first-order valence-corrected chi connectivity index (χ1v) is 7.98. The molecule has 0 heterocycles. The number of amides is 1.